The monoisotopic (exact) mass is 394 g/mol. The highest BCUT2D eigenvalue weighted by Gasteiger charge is 2.42. The van der Waals surface area contributed by atoms with E-state index >= 15 is 0 Å². The molecule has 148 valence electrons. The van der Waals surface area contributed by atoms with Crippen molar-refractivity contribution in [2.24, 2.45) is 0 Å². The lowest BCUT2D eigenvalue weighted by Crippen LogP contribution is -2.41. The summed E-state index contributed by atoms with van der Waals surface area (Å²) < 4.78 is 54.5. The van der Waals surface area contributed by atoms with Crippen LogP contribution < -0.4 is 14.4 Å². The Morgan fingerprint density at radius 3 is 2.43 bits per heavy atom. The number of benzene rings is 2. The summed E-state index contributed by atoms with van der Waals surface area (Å²) in [6.07, 6.45) is -4.96. The lowest BCUT2D eigenvalue weighted by Gasteiger charge is -2.21. The van der Waals surface area contributed by atoms with E-state index in [1.165, 1.54) is 39.3 Å². The number of anilines is 1. The predicted molar refractivity (Wildman–Crippen MR) is 96.6 cm³/mol. The minimum Gasteiger partial charge on any atom is -0.493 e. The highest BCUT2D eigenvalue weighted by molar-refractivity contribution is 5.98. The summed E-state index contributed by atoms with van der Waals surface area (Å²) in [6, 6.07) is 9.34. The number of carbonyl (C=O) groups excluding carboxylic acids is 1. The minimum absolute atomic E-state index is 0.0875. The first-order valence-corrected chi connectivity index (χ1v) is 8.30. The summed E-state index contributed by atoms with van der Waals surface area (Å²) >= 11 is 0. The van der Waals surface area contributed by atoms with E-state index < -0.39 is 12.1 Å². The van der Waals surface area contributed by atoms with Crippen LogP contribution in [0.1, 0.15) is 6.92 Å². The molecule has 9 heteroatoms. The molecule has 0 bridgehead atoms. The topological polar surface area (TPSA) is 64.8 Å². The zero-order chi connectivity index (χ0) is 20.5. The molecule has 0 radical (unpaired) electrons. The number of ether oxygens (including phenoxy) is 2. The van der Waals surface area contributed by atoms with Crippen LogP contribution in [0.3, 0.4) is 0 Å². The van der Waals surface area contributed by atoms with Crippen LogP contribution in [0.2, 0.25) is 0 Å². The van der Waals surface area contributed by atoms with E-state index in [4.69, 9.17) is 13.9 Å². The Kier molecular flexibility index (Phi) is 5.17. The van der Waals surface area contributed by atoms with E-state index in [1.54, 1.807) is 18.2 Å². The molecule has 3 rings (SSSR count). The van der Waals surface area contributed by atoms with Crippen molar-refractivity contribution in [3.05, 3.63) is 36.4 Å². The zero-order valence-corrected chi connectivity index (χ0v) is 15.3. The fourth-order valence-electron chi connectivity index (χ4n) is 2.77. The number of fused-ring (bicyclic) bond motifs is 1. The SMILES string of the molecule is CCN(C(=O)C(F)(F)F)c1ccc2oc(-c3ccc(OC)c(OC)c3)nc2c1. The number of hydrogen-bond donors (Lipinski definition) is 0. The molecule has 0 saturated carbocycles. The van der Waals surface area contributed by atoms with Gasteiger partial charge in [-0.25, -0.2) is 4.98 Å². The molecule has 0 aliphatic rings. The number of oxazole rings is 1. The van der Waals surface area contributed by atoms with Crippen LogP contribution in [0, 0.1) is 0 Å². The van der Waals surface area contributed by atoms with Crippen molar-refractivity contribution in [1.29, 1.82) is 0 Å². The fraction of sp³-hybridized carbons (Fsp3) is 0.263. The van der Waals surface area contributed by atoms with Crippen LogP contribution in [0.4, 0.5) is 18.9 Å². The predicted octanol–water partition coefficient (Wildman–Crippen LogP) is 4.43. The maximum atomic E-state index is 12.8. The first kappa shape index (κ1) is 19.5. The summed E-state index contributed by atoms with van der Waals surface area (Å²) in [7, 11) is 3.01. The molecule has 0 spiro atoms. The molecule has 3 aromatic rings. The van der Waals surface area contributed by atoms with Gasteiger partial charge in [-0.2, -0.15) is 13.2 Å². The second-order valence-corrected chi connectivity index (χ2v) is 5.79. The van der Waals surface area contributed by atoms with E-state index in [0.717, 1.165) is 0 Å². The van der Waals surface area contributed by atoms with Crippen molar-refractivity contribution < 1.29 is 31.9 Å². The summed E-state index contributed by atoms with van der Waals surface area (Å²) in [5.74, 6) is -0.652. The molecule has 28 heavy (non-hydrogen) atoms. The Bertz CT molecular complexity index is 1010. The maximum absolute atomic E-state index is 12.8. The molecule has 0 unspecified atom stereocenters. The molecule has 0 fully saturated rings. The molecule has 1 aromatic heterocycles. The van der Waals surface area contributed by atoms with E-state index in [1.807, 2.05) is 0 Å². The Balaban J connectivity index is 2.00. The van der Waals surface area contributed by atoms with Crippen molar-refractivity contribution in [2.45, 2.75) is 13.1 Å². The fourth-order valence-corrected chi connectivity index (χ4v) is 2.77. The van der Waals surface area contributed by atoms with Crippen molar-refractivity contribution >= 4 is 22.7 Å². The van der Waals surface area contributed by atoms with Gasteiger partial charge in [0.2, 0.25) is 5.89 Å². The Morgan fingerprint density at radius 2 is 1.82 bits per heavy atom. The van der Waals surface area contributed by atoms with Crippen molar-refractivity contribution in [1.82, 2.24) is 4.98 Å². The molecule has 0 atom stereocenters. The van der Waals surface area contributed by atoms with E-state index in [0.29, 0.717) is 33.1 Å². The van der Waals surface area contributed by atoms with Gasteiger partial charge in [-0.3, -0.25) is 4.79 Å². The molecule has 0 aliphatic heterocycles. The lowest BCUT2D eigenvalue weighted by atomic mass is 10.2. The van der Waals surface area contributed by atoms with E-state index in [9.17, 15) is 18.0 Å². The van der Waals surface area contributed by atoms with Crippen molar-refractivity contribution in [2.75, 3.05) is 25.7 Å². The summed E-state index contributed by atoms with van der Waals surface area (Å²) in [4.78, 5) is 16.6. The van der Waals surface area contributed by atoms with Gasteiger partial charge in [-0.15, -0.1) is 0 Å². The summed E-state index contributed by atoms with van der Waals surface area (Å²) in [5.41, 5.74) is 1.40. The number of alkyl halides is 3. The molecule has 0 aliphatic carbocycles. The molecule has 0 saturated heterocycles. The van der Waals surface area contributed by atoms with Gasteiger partial charge in [-0.05, 0) is 43.3 Å². The zero-order valence-electron chi connectivity index (χ0n) is 15.3. The van der Waals surface area contributed by atoms with Crippen LogP contribution in [0.25, 0.3) is 22.6 Å². The Labute approximate surface area is 158 Å². The smallest absolute Gasteiger partial charge is 0.471 e. The number of carbonyl (C=O) groups is 1. The highest BCUT2D eigenvalue weighted by atomic mass is 19.4. The quantitative estimate of drug-likeness (QED) is 0.641. The second-order valence-electron chi connectivity index (χ2n) is 5.79. The molecule has 1 amide bonds. The maximum Gasteiger partial charge on any atom is 0.471 e. The highest BCUT2D eigenvalue weighted by Crippen LogP contribution is 2.34. The third kappa shape index (κ3) is 3.60. The summed E-state index contributed by atoms with van der Waals surface area (Å²) in [5, 5.41) is 0. The first-order chi connectivity index (χ1) is 13.3. The molecular weight excluding hydrogens is 377 g/mol. The van der Waals surface area contributed by atoms with Gasteiger partial charge in [0.25, 0.3) is 0 Å². The van der Waals surface area contributed by atoms with Gasteiger partial charge in [0.15, 0.2) is 17.1 Å². The van der Waals surface area contributed by atoms with E-state index in [-0.39, 0.29) is 18.1 Å². The minimum atomic E-state index is -4.96. The van der Waals surface area contributed by atoms with Crippen LogP contribution >= 0.6 is 0 Å². The molecule has 1 heterocycles. The van der Waals surface area contributed by atoms with Gasteiger partial charge >= 0.3 is 12.1 Å². The van der Waals surface area contributed by atoms with Gasteiger partial charge < -0.3 is 18.8 Å². The van der Waals surface area contributed by atoms with Crippen molar-refractivity contribution in [3.63, 3.8) is 0 Å². The Morgan fingerprint density at radius 1 is 1.11 bits per heavy atom. The number of halogens is 3. The standard InChI is InChI=1S/C19H17F3N2O4/c1-4-24(18(25)19(20,21)22)12-6-8-14-13(10-12)23-17(28-14)11-5-7-15(26-2)16(9-11)27-3/h5-10H,4H2,1-3H3. The van der Waals surface area contributed by atoms with Crippen LogP contribution in [-0.4, -0.2) is 37.8 Å². The van der Waals surface area contributed by atoms with Crippen LogP contribution in [-0.2, 0) is 4.79 Å². The number of rotatable bonds is 5. The largest absolute Gasteiger partial charge is 0.493 e. The lowest BCUT2D eigenvalue weighted by molar-refractivity contribution is -0.170. The normalized spacial score (nSPS) is 11.5. The molecule has 0 N–H and O–H groups in total. The number of amides is 1. The van der Waals surface area contributed by atoms with Crippen molar-refractivity contribution in [3.8, 4) is 23.0 Å². The molecular formula is C19H17F3N2O4. The van der Waals surface area contributed by atoms with E-state index in [2.05, 4.69) is 4.98 Å². The first-order valence-electron chi connectivity index (χ1n) is 8.30. The van der Waals surface area contributed by atoms with Gasteiger partial charge in [0, 0.05) is 17.8 Å². The second kappa shape index (κ2) is 7.41. The third-order valence-corrected chi connectivity index (χ3v) is 4.12. The number of aromatic nitrogens is 1. The van der Waals surface area contributed by atoms with Gasteiger partial charge in [-0.1, -0.05) is 0 Å². The van der Waals surface area contributed by atoms with Crippen LogP contribution in [0.5, 0.6) is 11.5 Å². The number of nitrogens with zero attached hydrogens (tertiary/aromatic N) is 2. The third-order valence-electron chi connectivity index (χ3n) is 4.12. The molecule has 2 aromatic carbocycles. The average molecular weight is 394 g/mol. The number of hydrogen-bond acceptors (Lipinski definition) is 5. The Hall–Kier alpha value is -3.23. The van der Waals surface area contributed by atoms with Gasteiger partial charge in [0.05, 0.1) is 14.2 Å². The molecule has 6 nitrogen and oxygen atoms in total. The number of methoxy groups -OCH3 is 2. The van der Waals surface area contributed by atoms with Crippen LogP contribution in [0.15, 0.2) is 40.8 Å². The summed E-state index contributed by atoms with van der Waals surface area (Å²) in [6.45, 7) is 1.33. The average Bonchev–Trinajstić information content (AvgIpc) is 3.10. The van der Waals surface area contributed by atoms with Gasteiger partial charge in [0.1, 0.15) is 5.52 Å².